The van der Waals surface area contributed by atoms with Crippen molar-refractivity contribution in [3.63, 3.8) is 0 Å². The van der Waals surface area contributed by atoms with Gasteiger partial charge in [-0.1, -0.05) is 36.4 Å². The molecule has 0 spiro atoms. The first-order chi connectivity index (χ1) is 10.0. The summed E-state index contributed by atoms with van der Waals surface area (Å²) in [6, 6.07) is 15.5. The number of nitrogens with one attached hydrogen (secondary N) is 1. The van der Waals surface area contributed by atoms with Crippen LogP contribution >= 0.6 is 0 Å². The smallest absolute Gasteiger partial charge is 0.378 e. The van der Waals surface area contributed by atoms with Crippen molar-refractivity contribution in [2.75, 3.05) is 5.32 Å². The molecule has 0 aromatic heterocycles. The Morgan fingerprint density at radius 1 is 1.14 bits per heavy atom. The Morgan fingerprint density at radius 2 is 1.90 bits per heavy atom. The lowest BCUT2D eigenvalue weighted by Gasteiger charge is -2.27. The maximum absolute atomic E-state index is 11.0. The van der Waals surface area contributed by atoms with Gasteiger partial charge >= 0.3 is 10.3 Å². The molecule has 0 saturated carbocycles. The van der Waals surface area contributed by atoms with Gasteiger partial charge < -0.3 is 9.50 Å². The molecule has 0 aliphatic carbocycles. The Morgan fingerprint density at radius 3 is 2.62 bits per heavy atom. The third-order valence-electron chi connectivity index (χ3n) is 3.53. The van der Waals surface area contributed by atoms with E-state index in [9.17, 15) is 8.42 Å². The van der Waals surface area contributed by atoms with Crippen LogP contribution in [0.15, 0.2) is 48.5 Å². The molecule has 3 rings (SSSR count). The van der Waals surface area contributed by atoms with Gasteiger partial charge in [0.25, 0.3) is 0 Å². The molecule has 0 saturated heterocycles. The van der Waals surface area contributed by atoms with E-state index in [4.69, 9.17) is 9.32 Å². The lowest BCUT2D eigenvalue weighted by atomic mass is 9.93. The van der Waals surface area contributed by atoms with E-state index in [-0.39, 0.29) is 11.8 Å². The van der Waals surface area contributed by atoms with E-state index in [1.165, 1.54) is 5.56 Å². The van der Waals surface area contributed by atoms with Gasteiger partial charge in [-0.15, -0.1) is 0 Å². The Bertz CT molecular complexity index is 745. The van der Waals surface area contributed by atoms with Gasteiger partial charge in [0, 0.05) is 11.8 Å². The number of nitrogens with two attached hydrogens (primary N) is 1. The molecule has 1 atom stereocenters. The number of anilines is 1. The van der Waals surface area contributed by atoms with Crippen molar-refractivity contribution in [1.82, 2.24) is 0 Å². The molecular weight excluding hydrogens is 288 g/mol. The summed E-state index contributed by atoms with van der Waals surface area (Å²) in [6.07, 6.45) is 1.92. The fourth-order valence-electron chi connectivity index (χ4n) is 2.59. The Balaban J connectivity index is 1.86. The predicted octanol–water partition coefficient (Wildman–Crippen LogP) is 2.37. The summed E-state index contributed by atoms with van der Waals surface area (Å²) in [7, 11) is -4.00. The Hall–Kier alpha value is -2.05. The van der Waals surface area contributed by atoms with Crippen molar-refractivity contribution < 1.29 is 12.6 Å². The van der Waals surface area contributed by atoms with E-state index < -0.39 is 10.3 Å². The summed E-state index contributed by atoms with van der Waals surface area (Å²) in [5.74, 6) is 0.220. The number of aryl methyl sites for hydroxylation is 1. The maximum atomic E-state index is 11.0. The standard InChI is InChI=1S/C15H16N2O3S/c16-21(18,19)20-13-8-6-12-7-9-14(17-15(12)10-13)11-4-2-1-3-5-11/h1-6,8,10,14,17H,7,9H2,(H2,16,18,19)/t14-/m1/s1. The molecule has 0 amide bonds. The summed E-state index contributed by atoms with van der Waals surface area (Å²) >= 11 is 0. The number of hydrogen-bond acceptors (Lipinski definition) is 4. The lowest BCUT2D eigenvalue weighted by molar-refractivity contribution is 0.487. The summed E-state index contributed by atoms with van der Waals surface area (Å²) in [4.78, 5) is 0. The van der Waals surface area contributed by atoms with Crippen LogP contribution in [0.5, 0.6) is 5.75 Å². The fraction of sp³-hybridized carbons (Fsp3) is 0.200. The predicted molar refractivity (Wildman–Crippen MR) is 81.3 cm³/mol. The number of fused-ring (bicyclic) bond motifs is 1. The molecular formula is C15H16N2O3S. The van der Waals surface area contributed by atoms with Crippen molar-refractivity contribution in [2.45, 2.75) is 18.9 Å². The SMILES string of the molecule is NS(=O)(=O)Oc1ccc2c(c1)N[C@@H](c1ccccc1)CC2. The number of benzene rings is 2. The number of rotatable bonds is 3. The van der Waals surface area contributed by atoms with E-state index >= 15 is 0 Å². The Labute approximate surface area is 124 Å². The Kier molecular flexibility index (Phi) is 3.57. The van der Waals surface area contributed by atoms with Crippen LogP contribution < -0.4 is 14.6 Å². The van der Waals surface area contributed by atoms with Gasteiger partial charge in [0.1, 0.15) is 5.75 Å². The van der Waals surface area contributed by atoms with E-state index in [1.807, 2.05) is 24.3 Å². The highest BCUT2D eigenvalue weighted by Crippen LogP contribution is 2.34. The topological polar surface area (TPSA) is 81.4 Å². The zero-order chi connectivity index (χ0) is 14.9. The first-order valence-corrected chi connectivity index (χ1v) is 8.15. The summed E-state index contributed by atoms with van der Waals surface area (Å²) in [5.41, 5.74) is 3.24. The minimum Gasteiger partial charge on any atom is -0.378 e. The van der Waals surface area contributed by atoms with E-state index in [0.29, 0.717) is 0 Å². The van der Waals surface area contributed by atoms with Crippen LogP contribution in [0.4, 0.5) is 5.69 Å². The molecule has 6 heteroatoms. The van der Waals surface area contributed by atoms with Crippen LogP contribution in [-0.4, -0.2) is 8.42 Å². The molecule has 0 bridgehead atoms. The minimum atomic E-state index is -4.00. The highest BCUT2D eigenvalue weighted by molar-refractivity contribution is 7.84. The van der Waals surface area contributed by atoms with Crippen molar-refractivity contribution in [3.05, 3.63) is 59.7 Å². The average molecular weight is 304 g/mol. The lowest BCUT2D eigenvalue weighted by Crippen LogP contribution is -2.20. The van der Waals surface area contributed by atoms with Gasteiger partial charge in [-0.05, 0) is 30.0 Å². The number of hydrogen-bond donors (Lipinski definition) is 2. The van der Waals surface area contributed by atoms with Gasteiger partial charge in [0.05, 0.1) is 6.04 Å². The van der Waals surface area contributed by atoms with E-state index in [0.717, 1.165) is 24.1 Å². The van der Waals surface area contributed by atoms with E-state index in [2.05, 4.69) is 17.4 Å². The molecule has 3 N–H and O–H groups in total. The van der Waals surface area contributed by atoms with Gasteiger partial charge in [-0.25, -0.2) is 0 Å². The van der Waals surface area contributed by atoms with Gasteiger partial charge in [-0.3, -0.25) is 0 Å². The van der Waals surface area contributed by atoms with Crippen LogP contribution in [-0.2, 0) is 16.7 Å². The summed E-state index contributed by atoms with van der Waals surface area (Å²) in [6.45, 7) is 0. The summed E-state index contributed by atoms with van der Waals surface area (Å²) < 4.78 is 26.7. The monoisotopic (exact) mass is 304 g/mol. The maximum Gasteiger partial charge on any atom is 0.380 e. The van der Waals surface area contributed by atoms with Crippen LogP contribution in [0.1, 0.15) is 23.6 Å². The summed E-state index contributed by atoms with van der Waals surface area (Å²) in [5, 5.41) is 8.32. The van der Waals surface area contributed by atoms with Crippen LogP contribution in [0.3, 0.4) is 0 Å². The molecule has 0 unspecified atom stereocenters. The highest BCUT2D eigenvalue weighted by atomic mass is 32.2. The van der Waals surface area contributed by atoms with Gasteiger partial charge in [0.15, 0.2) is 0 Å². The third-order valence-corrected chi connectivity index (χ3v) is 3.95. The minimum absolute atomic E-state index is 0.212. The molecule has 1 aliphatic heterocycles. The first-order valence-electron chi connectivity index (χ1n) is 6.68. The van der Waals surface area contributed by atoms with Gasteiger partial charge in [-0.2, -0.15) is 13.6 Å². The third kappa shape index (κ3) is 3.34. The molecule has 1 aliphatic rings. The molecule has 21 heavy (non-hydrogen) atoms. The first kappa shape index (κ1) is 13.9. The molecule has 1 heterocycles. The molecule has 2 aromatic carbocycles. The highest BCUT2D eigenvalue weighted by Gasteiger charge is 2.20. The molecule has 0 radical (unpaired) electrons. The molecule has 0 fully saturated rings. The van der Waals surface area contributed by atoms with Crippen LogP contribution in [0.2, 0.25) is 0 Å². The van der Waals surface area contributed by atoms with Crippen molar-refractivity contribution >= 4 is 16.0 Å². The average Bonchev–Trinajstić information content (AvgIpc) is 2.46. The zero-order valence-corrected chi connectivity index (χ0v) is 12.1. The largest absolute Gasteiger partial charge is 0.380 e. The fourth-order valence-corrected chi connectivity index (χ4v) is 2.96. The zero-order valence-electron chi connectivity index (χ0n) is 11.3. The van der Waals surface area contributed by atoms with Crippen molar-refractivity contribution in [2.24, 2.45) is 5.14 Å². The normalized spacial score (nSPS) is 17.7. The molecule has 5 nitrogen and oxygen atoms in total. The van der Waals surface area contributed by atoms with Crippen LogP contribution in [0, 0.1) is 0 Å². The second-order valence-electron chi connectivity index (χ2n) is 5.04. The van der Waals surface area contributed by atoms with Crippen LogP contribution in [0.25, 0.3) is 0 Å². The van der Waals surface area contributed by atoms with E-state index in [1.54, 1.807) is 12.1 Å². The quantitative estimate of drug-likeness (QED) is 0.912. The second-order valence-corrected chi connectivity index (χ2v) is 6.19. The molecule has 2 aromatic rings. The van der Waals surface area contributed by atoms with Crippen molar-refractivity contribution in [1.29, 1.82) is 0 Å². The molecule has 110 valence electrons. The second kappa shape index (κ2) is 5.38. The van der Waals surface area contributed by atoms with Crippen molar-refractivity contribution in [3.8, 4) is 5.75 Å². The van der Waals surface area contributed by atoms with Gasteiger partial charge in [0.2, 0.25) is 0 Å².